The van der Waals surface area contributed by atoms with Crippen LogP contribution in [0.25, 0.3) is 0 Å². The Morgan fingerprint density at radius 1 is 1.26 bits per heavy atom. The van der Waals surface area contributed by atoms with Gasteiger partial charge in [-0.2, -0.15) is 0 Å². The number of ether oxygens (including phenoxy) is 1. The second-order valence-electron chi connectivity index (χ2n) is 4.58. The third-order valence-electron chi connectivity index (χ3n) is 2.59. The Morgan fingerprint density at radius 3 is 2.89 bits per heavy atom. The highest BCUT2D eigenvalue weighted by molar-refractivity contribution is 7.09. The van der Waals surface area contributed by atoms with Gasteiger partial charge in [-0.1, -0.05) is 24.8 Å². The Balaban J connectivity index is 1.82. The maximum atomic E-state index is 5.64. The number of thiophene rings is 1. The van der Waals surface area contributed by atoms with Crippen molar-refractivity contribution in [3.8, 4) is 5.75 Å². The molecule has 0 radical (unpaired) electrons. The van der Waals surface area contributed by atoms with E-state index < -0.39 is 0 Å². The zero-order valence-electron chi connectivity index (χ0n) is 11.2. The van der Waals surface area contributed by atoms with Gasteiger partial charge < -0.3 is 10.1 Å². The largest absolute Gasteiger partial charge is 0.489 e. The molecule has 0 amide bonds. The third-order valence-corrected chi connectivity index (χ3v) is 3.47. The summed E-state index contributed by atoms with van der Waals surface area (Å²) in [6.45, 7) is 8.14. The Labute approximate surface area is 118 Å². The van der Waals surface area contributed by atoms with Gasteiger partial charge in [0.1, 0.15) is 12.4 Å². The van der Waals surface area contributed by atoms with Gasteiger partial charge in [0.05, 0.1) is 0 Å². The van der Waals surface area contributed by atoms with Crippen molar-refractivity contribution in [3.05, 3.63) is 64.4 Å². The molecule has 0 bridgehead atoms. The highest BCUT2D eigenvalue weighted by atomic mass is 32.1. The van der Waals surface area contributed by atoms with E-state index in [1.165, 1.54) is 10.4 Å². The first-order valence-electron chi connectivity index (χ1n) is 6.33. The van der Waals surface area contributed by atoms with Crippen LogP contribution in [-0.4, -0.2) is 6.61 Å². The summed E-state index contributed by atoms with van der Waals surface area (Å²) in [5, 5.41) is 5.53. The summed E-state index contributed by atoms with van der Waals surface area (Å²) in [5.74, 6) is 0.901. The van der Waals surface area contributed by atoms with Gasteiger partial charge in [-0.15, -0.1) is 11.3 Å². The van der Waals surface area contributed by atoms with Gasteiger partial charge in [-0.3, -0.25) is 0 Å². The van der Waals surface area contributed by atoms with Crippen LogP contribution in [0, 0.1) is 0 Å². The second-order valence-corrected chi connectivity index (χ2v) is 5.61. The van der Waals surface area contributed by atoms with E-state index in [0.29, 0.717) is 6.61 Å². The lowest BCUT2D eigenvalue weighted by atomic mass is 10.2. The van der Waals surface area contributed by atoms with Gasteiger partial charge in [0.25, 0.3) is 0 Å². The fourth-order valence-corrected chi connectivity index (χ4v) is 2.37. The zero-order chi connectivity index (χ0) is 13.5. The van der Waals surface area contributed by atoms with E-state index in [1.807, 2.05) is 19.1 Å². The average molecular weight is 273 g/mol. The molecule has 0 saturated carbocycles. The van der Waals surface area contributed by atoms with E-state index in [9.17, 15) is 0 Å². The molecule has 1 aromatic carbocycles. The molecule has 0 aliphatic carbocycles. The second kappa shape index (κ2) is 7.12. The minimum atomic E-state index is 0.575. The SMILES string of the molecule is C=C(C)COc1cccc(CNCc2cccs2)c1. The number of benzene rings is 1. The predicted molar refractivity (Wildman–Crippen MR) is 81.6 cm³/mol. The molecule has 3 heteroatoms. The van der Waals surface area contributed by atoms with E-state index in [-0.39, 0.29) is 0 Å². The van der Waals surface area contributed by atoms with Crippen molar-refractivity contribution in [2.45, 2.75) is 20.0 Å². The molecular formula is C16H19NOS. The van der Waals surface area contributed by atoms with Gasteiger partial charge >= 0.3 is 0 Å². The lowest BCUT2D eigenvalue weighted by Gasteiger charge is -2.08. The van der Waals surface area contributed by atoms with Crippen LogP contribution in [0.4, 0.5) is 0 Å². The number of hydrogen-bond donors (Lipinski definition) is 1. The molecule has 1 aromatic heterocycles. The van der Waals surface area contributed by atoms with Gasteiger partial charge in [0, 0.05) is 18.0 Å². The van der Waals surface area contributed by atoms with Crippen LogP contribution in [0.15, 0.2) is 53.9 Å². The normalized spacial score (nSPS) is 10.4. The number of rotatable bonds is 7. The Morgan fingerprint density at radius 2 is 2.16 bits per heavy atom. The minimum absolute atomic E-state index is 0.575. The fraction of sp³-hybridized carbons (Fsp3) is 0.250. The first-order chi connectivity index (χ1) is 9.24. The van der Waals surface area contributed by atoms with Gasteiger partial charge in [-0.05, 0) is 41.6 Å². The summed E-state index contributed by atoms with van der Waals surface area (Å²) in [6, 6.07) is 12.4. The van der Waals surface area contributed by atoms with Crippen molar-refractivity contribution in [3.63, 3.8) is 0 Å². The lowest BCUT2D eigenvalue weighted by Crippen LogP contribution is -2.11. The molecule has 2 rings (SSSR count). The van der Waals surface area contributed by atoms with Gasteiger partial charge in [0.2, 0.25) is 0 Å². The van der Waals surface area contributed by atoms with Crippen LogP contribution in [0.2, 0.25) is 0 Å². The number of nitrogens with one attached hydrogen (secondary N) is 1. The molecular weight excluding hydrogens is 254 g/mol. The van der Waals surface area contributed by atoms with Gasteiger partial charge in [-0.25, -0.2) is 0 Å². The van der Waals surface area contributed by atoms with Crippen LogP contribution in [0.1, 0.15) is 17.4 Å². The Hall–Kier alpha value is -1.58. The lowest BCUT2D eigenvalue weighted by molar-refractivity contribution is 0.352. The van der Waals surface area contributed by atoms with Crippen molar-refractivity contribution in [2.24, 2.45) is 0 Å². The summed E-state index contributed by atoms with van der Waals surface area (Å²) in [7, 11) is 0. The quantitative estimate of drug-likeness (QED) is 0.770. The third kappa shape index (κ3) is 4.89. The van der Waals surface area contributed by atoms with E-state index >= 15 is 0 Å². The molecule has 1 N–H and O–H groups in total. The van der Waals surface area contributed by atoms with Crippen LogP contribution in [0.3, 0.4) is 0 Å². The molecule has 0 aliphatic rings. The van der Waals surface area contributed by atoms with Gasteiger partial charge in [0.15, 0.2) is 0 Å². The van der Waals surface area contributed by atoms with E-state index in [2.05, 4.69) is 41.5 Å². The minimum Gasteiger partial charge on any atom is -0.489 e. The molecule has 19 heavy (non-hydrogen) atoms. The number of hydrogen-bond acceptors (Lipinski definition) is 3. The average Bonchev–Trinajstić information content (AvgIpc) is 2.90. The Kier molecular flexibility index (Phi) is 5.19. The summed E-state index contributed by atoms with van der Waals surface area (Å²) >= 11 is 1.78. The van der Waals surface area contributed by atoms with Crippen molar-refractivity contribution in [2.75, 3.05) is 6.61 Å². The summed E-state index contributed by atoms with van der Waals surface area (Å²) in [5.41, 5.74) is 2.26. The molecule has 0 aliphatic heterocycles. The maximum Gasteiger partial charge on any atom is 0.120 e. The van der Waals surface area contributed by atoms with Crippen LogP contribution < -0.4 is 10.1 Å². The summed E-state index contributed by atoms with van der Waals surface area (Å²) in [6.07, 6.45) is 0. The summed E-state index contributed by atoms with van der Waals surface area (Å²) in [4.78, 5) is 1.36. The summed E-state index contributed by atoms with van der Waals surface area (Å²) < 4.78 is 5.64. The molecule has 0 saturated heterocycles. The predicted octanol–water partition coefficient (Wildman–Crippen LogP) is 3.99. The standard InChI is InChI=1S/C16H19NOS/c1-13(2)12-18-15-6-3-5-14(9-15)10-17-11-16-7-4-8-19-16/h3-9,17H,1,10-12H2,2H3. The highest BCUT2D eigenvalue weighted by Crippen LogP contribution is 2.14. The van der Waals surface area contributed by atoms with Crippen LogP contribution in [0.5, 0.6) is 5.75 Å². The van der Waals surface area contributed by atoms with Crippen LogP contribution in [-0.2, 0) is 13.1 Å². The molecule has 0 atom stereocenters. The molecule has 0 spiro atoms. The molecule has 0 unspecified atom stereocenters. The highest BCUT2D eigenvalue weighted by Gasteiger charge is 1.98. The maximum absolute atomic E-state index is 5.64. The first kappa shape index (κ1) is 13.8. The van der Waals surface area contributed by atoms with Crippen LogP contribution >= 0.6 is 11.3 Å². The Bertz CT molecular complexity index is 519. The fourth-order valence-electron chi connectivity index (χ4n) is 1.69. The molecule has 0 fully saturated rings. The molecule has 100 valence electrons. The van der Waals surface area contributed by atoms with E-state index in [0.717, 1.165) is 24.4 Å². The monoisotopic (exact) mass is 273 g/mol. The topological polar surface area (TPSA) is 21.3 Å². The van der Waals surface area contributed by atoms with Crippen molar-refractivity contribution < 1.29 is 4.74 Å². The molecule has 2 nitrogen and oxygen atoms in total. The van der Waals surface area contributed by atoms with E-state index in [1.54, 1.807) is 11.3 Å². The van der Waals surface area contributed by atoms with Crippen molar-refractivity contribution in [1.29, 1.82) is 0 Å². The zero-order valence-corrected chi connectivity index (χ0v) is 12.0. The van der Waals surface area contributed by atoms with Crippen molar-refractivity contribution in [1.82, 2.24) is 5.32 Å². The van der Waals surface area contributed by atoms with Crippen molar-refractivity contribution >= 4 is 11.3 Å². The molecule has 1 heterocycles. The smallest absolute Gasteiger partial charge is 0.120 e. The molecule has 2 aromatic rings. The van der Waals surface area contributed by atoms with E-state index in [4.69, 9.17) is 4.74 Å². The first-order valence-corrected chi connectivity index (χ1v) is 7.21.